The monoisotopic (exact) mass is 261 g/mol. The number of amides is 1. The minimum Gasteiger partial charge on any atom is -0.365 e. The fraction of sp³-hybridized carbons (Fsp3) is 0.231. The Morgan fingerprint density at radius 1 is 1.50 bits per heavy atom. The molecule has 0 bridgehead atoms. The van der Waals surface area contributed by atoms with Gasteiger partial charge >= 0.3 is 0 Å². The second kappa shape index (κ2) is 5.64. The van der Waals surface area contributed by atoms with Gasteiger partial charge in [-0.15, -0.1) is 11.3 Å². The van der Waals surface area contributed by atoms with Crippen LogP contribution in [-0.4, -0.2) is 10.9 Å². The molecular formula is C13H15N3OS. The second-order valence-electron chi connectivity index (χ2n) is 3.84. The molecule has 3 N–H and O–H groups in total. The maximum Gasteiger partial charge on any atom is 0.252 e. The SMILES string of the molecule is CCc1ccsc1CNc1ncccc1C(N)=O. The van der Waals surface area contributed by atoms with Crippen molar-refractivity contribution in [2.45, 2.75) is 19.9 Å². The van der Waals surface area contributed by atoms with Gasteiger partial charge < -0.3 is 11.1 Å². The molecule has 2 aromatic heterocycles. The normalized spacial score (nSPS) is 10.3. The minimum absolute atomic E-state index is 0.423. The molecule has 0 aliphatic rings. The van der Waals surface area contributed by atoms with Gasteiger partial charge in [-0.1, -0.05) is 6.92 Å². The number of rotatable bonds is 5. The number of aryl methyl sites for hydroxylation is 1. The van der Waals surface area contributed by atoms with Crippen LogP contribution in [0.1, 0.15) is 27.7 Å². The van der Waals surface area contributed by atoms with Crippen LogP contribution in [0.4, 0.5) is 5.82 Å². The fourth-order valence-corrected chi connectivity index (χ4v) is 2.66. The summed E-state index contributed by atoms with van der Waals surface area (Å²) >= 11 is 1.70. The van der Waals surface area contributed by atoms with Crippen LogP contribution in [0.5, 0.6) is 0 Å². The van der Waals surface area contributed by atoms with Crippen LogP contribution in [0, 0.1) is 0 Å². The maximum absolute atomic E-state index is 11.3. The van der Waals surface area contributed by atoms with Gasteiger partial charge in [-0.2, -0.15) is 0 Å². The van der Waals surface area contributed by atoms with Crippen molar-refractivity contribution in [1.82, 2.24) is 4.98 Å². The highest BCUT2D eigenvalue weighted by molar-refractivity contribution is 7.10. The number of carbonyl (C=O) groups is 1. The third kappa shape index (κ3) is 2.68. The van der Waals surface area contributed by atoms with E-state index in [2.05, 4.69) is 28.7 Å². The van der Waals surface area contributed by atoms with E-state index < -0.39 is 5.91 Å². The zero-order valence-electron chi connectivity index (χ0n) is 10.1. The molecule has 94 valence electrons. The van der Waals surface area contributed by atoms with E-state index in [1.54, 1.807) is 29.7 Å². The Labute approximate surface area is 110 Å². The van der Waals surface area contributed by atoms with Gasteiger partial charge in [-0.05, 0) is 35.6 Å². The molecule has 0 aliphatic carbocycles. The molecule has 0 radical (unpaired) electrons. The van der Waals surface area contributed by atoms with Crippen LogP contribution in [0.25, 0.3) is 0 Å². The summed E-state index contributed by atoms with van der Waals surface area (Å²) in [5.41, 5.74) is 7.05. The quantitative estimate of drug-likeness (QED) is 0.868. The Morgan fingerprint density at radius 3 is 3.06 bits per heavy atom. The molecule has 0 saturated heterocycles. The topological polar surface area (TPSA) is 68.0 Å². The molecule has 0 aromatic carbocycles. The Balaban J connectivity index is 2.13. The van der Waals surface area contributed by atoms with Gasteiger partial charge in [-0.25, -0.2) is 4.98 Å². The second-order valence-corrected chi connectivity index (χ2v) is 4.84. The molecule has 1 amide bonds. The standard InChI is InChI=1S/C13H15N3OS/c1-2-9-5-7-18-11(9)8-16-13-10(12(14)17)4-3-6-15-13/h3-7H,2,8H2,1H3,(H2,14,17)(H,15,16). The lowest BCUT2D eigenvalue weighted by Gasteiger charge is -2.08. The number of anilines is 1. The van der Waals surface area contributed by atoms with Crippen molar-refractivity contribution in [2.75, 3.05) is 5.32 Å². The molecule has 4 nitrogen and oxygen atoms in total. The zero-order chi connectivity index (χ0) is 13.0. The first kappa shape index (κ1) is 12.6. The van der Waals surface area contributed by atoms with Crippen LogP contribution >= 0.6 is 11.3 Å². The predicted octanol–water partition coefficient (Wildman–Crippen LogP) is 2.42. The van der Waals surface area contributed by atoms with Crippen LogP contribution in [0.2, 0.25) is 0 Å². The van der Waals surface area contributed by atoms with Gasteiger partial charge in [0.1, 0.15) is 5.82 Å². The highest BCUT2D eigenvalue weighted by Gasteiger charge is 2.09. The number of nitrogens with zero attached hydrogens (tertiary/aromatic N) is 1. The van der Waals surface area contributed by atoms with Crippen LogP contribution < -0.4 is 11.1 Å². The lowest BCUT2D eigenvalue weighted by molar-refractivity contribution is 0.100. The van der Waals surface area contributed by atoms with Crippen LogP contribution in [-0.2, 0) is 13.0 Å². The molecule has 0 aliphatic heterocycles. The van der Waals surface area contributed by atoms with Crippen LogP contribution in [0.15, 0.2) is 29.8 Å². The summed E-state index contributed by atoms with van der Waals surface area (Å²) in [5.74, 6) is 0.0768. The van der Waals surface area contributed by atoms with Crippen molar-refractivity contribution < 1.29 is 4.79 Å². The number of hydrogen-bond donors (Lipinski definition) is 2. The average Bonchev–Trinajstić information content (AvgIpc) is 2.84. The smallest absolute Gasteiger partial charge is 0.252 e. The Kier molecular flexibility index (Phi) is 3.94. The number of hydrogen-bond acceptors (Lipinski definition) is 4. The van der Waals surface area contributed by atoms with Gasteiger partial charge in [0.25, 0.3) is 5.91 Å². The molecule has 2 rings (SSSR count). The van der Waals surface area contributed by atoms with Crippen molar-refractivity contribution in [3.05, 3.63) is 45.8 Å². The summed E-state index contributed by atoms with van der Waals surface area (Å²) in [6, 6.07) is 5.50. The van der Waals surface area contributed by atoms with E-state index in [1.165, 1.54) is 10.4 Å². The van der Waals surface area contributed by atoms with Gasteiger partial charge in [0, 0.05) is 11.1 Å². The van der Waals surface area contributed by atoms with Gasteiger partial charge in [-0.3, -0.25) is 4.79 Å². The summed E-state index contributed by atoms with van der Waals surface area (Å²) in [6.07, 6.45) is 2.65. The Hall–Kier alpha value is -1.88. The first-order chi connectivity index (χ1) is 8.72. The minimum atomic E-state index is -0.465. The zero-order valence-corrected chi connectivity index (χ0v) is 11.0. The summed E-state index contributed by atoms with van der Waals surface area (Å²) < 4.78 is 0. The fourth-order valence-electron chi connectivity index (χ4n) is 1.75. The maximum atomic E-state index is 11.3. The molecule has 2 aromatic rings. The summed E-state index contributed by atoms with van der Waals surface area (Å²) in [7, 11) is 0. The predicted molar refractivity (Wildman–Crippen MR) is 73.8 cm³/mol. The van der Waals surface area contributed by atoms with E-state index in [0.29, 0.717) is 17.9 Å². The van der Waals surface area contributed by atoms with E-state index in [9.17, 15) is 4.79 Å². The lowest BCUT2D eigenvalue weighted by Crippen LogP contribution is -2.15. The molecule has 5 heteroatoms. The number of primary amides is 1. The van der Waals surface area contributed by atoms with Crippen molar-refractivity contribution in [3.63, 3.8) is 0 Å². The molecule has 0 saturated carbocycles. The average molecular weight is 261 g/mol. The number of carbonyl (C=O) groups excluding carboxylic acids is 1. The largest absolute Gasteiger partial charge is 0.365 e. The third-order valence-corrected chi connectivity index (χ3v) is 3.67. The first-order valence-corrected chi connectivity index (χ1v) is 6.64. The van der Waals surface area contributed by atoms with E-state index in [0.717, 1.165) is 6.42 Å². The van der Waals surface area contributed by atoms with Crippen molar-refractivity contribution in [2.24, 2.45) is 5.73 Å². The van der Waals surface area contributed by atoms with E-state index >= 15 is 0 Å². The number of aromatic nitrogens is 1. The number of pyridine rings is 1. The molecule has 0 spiro atoms. The summed E-state index contributed by atoms with van der Waals surface area (Å²) in [6.45, 7) is 2.79. The molecule has 0 fully saturated rings. The lowest BCUT2D eigenvalue weighted by atomic mass is 10.2. The van der Waals surface area contributed by atoms with Crippen molar-refractivity contribution in [1.29, 1.82) is 0 Å². The van der Waals surface area contributed by atoms with Crippen molar-refractivity contribution >= 4 is 23.1 Å². The van der Waals surface area contributed by atoms with Crippen molar-refractivity contribution in [3.8, 4) is 0 Å². The van der Waals surface area contributed by atoms with Crippen LogP contribution in [0.3, 0.4) is 0 Å². The Bertz CT molecular complexity index is 551. The molecule has 0 atom stereocenters. The summed E-state index contributed by atoms with van der Waals surface area (Å²) in [5, 5.41) is 5.24. The molecular weight excluding hydrogens is 246 g/mol. The number of nitrogens with one attached hydrogen (secondary N) is 1. The van der Waals surface area contributed by atoms with Gasteiger partial charge in [0.2, 0.25) is 0 Å². The van der Waals surface area contributed by atoms with E-state index in [1.807, 2.05) is 0 Å². The number of thiophene rings is 1. The summed E-state index contributed by atoms with van der Waals surface area (Å²) in [4.78, 5) is 16.7. The molecule has 2 heterocycles. The third-order valence-electron chi connectivity index (χ3n) is 2.71. The highest BCUT2D eigenvalue weighted by atomic mass is 32.1. The van der Waals surface area contributed by atoms with Gasteiger partial charge in [0.05, 0.1) is 12.1 Å². The van der Waals surface area contributed by atoms with E-state index in [-0.39, 0.29) is 0 Å². The Morgan fingerprint density at radius 2 is 2.33 bits per heavy atom. The van der Waals surface area contributed by atoms with E-state index in [4.69, 9.17) is 5.73 Å². The van der Waals surface area contributed by atoms with Gasteiger partial charge in [0.15, 0.2) is 0 Å². The number of nitrogens with two attached hydrogens (primary N) is 1. The molecule has 0 unspecified atom stereocenters. The first-order valence-electron chi connectivity index (χ1n) is 5.76. The molecule has 18 heavy (non-hydrogen) atoms. The highest BCUT2D eigenvalue weighted by Crippen LogP contribution is 2.19.